The second kappa shape index (κ2) is 8.37. The Labute approximate surface area is 174 Å². The zero-order valence-corrected chi connectivity index (χ0v) is 16.8. The largest absolute Gasteiger partial charge is 0.329 e. The van der Waals surface area contributed by atoms with Crippen LogP contribution in [-0.2, 0) is 11.3 Å². The molecular weight excluding hydrogens is 380 g/mol. The molecule has 5 heteroatoms. The third-order valence-electron chi connectivity index (χ3n) is 4.61. The van der Waals surface area contributed by atoms with E-state index in [4.69, 9.17) is 0 Å². The van der Waals surface area contributed by atoms with Crippen LogP contribution in [-0.4, -0.2) is 16.8 Å². The normalized spacial score (nSPS) is 15.1. The number of imide groups is 1. The number of nitrogens with zero attached hydrogens (tertiary/aromatic N) is 1. The molecule has 0 bridgehead atoms. The molecule has 0 spiro atoms. The van der Waals surface area contributed by atoms with Crippen molar-refractivity contribution >= 4 is 29.8 Å². The molecule has 0 saturated carbocycles. The maximum Gasteiger partial charge on any atom is 0.329 e. The van der Waals surface area contributed by atoms with Crippen molar-refractivity contribution in [3.8, 4) is 0 Å². The summed E-state index contributed by atoms with van der Waals surface area (Å²) in [6.45, 7) is 2.26. The van der Waals surface area contributed by atoms with Crippen molar-refractivity contribution in [3.05, 3.63) is 101 Å². The topological polar surface area (TPSA) is 49.4 Å². The lowest BCUT2D eigenvalue weighted by Gasteiger charge is -2.12. The number of urea groups is 1. The average Bonchev–Trinajstić information content (AvgIpc) is 2.99. The van der Waals surface area contributed by atoms with Crippen LogP contribution in [0.4, 0.5) is 4.79 Å². The summed E-state index contributed by atoms with van der Waals surface area (Å²) in [4.78, 5) is 28.6. The molecule has 1 N–H and O–H groups in total. The first-order chi connectivity index (χ1) is 14.1. The van der Waals surface area contributed by atoms with E-state index < -0.39 is 6.03 Å². The summed E-state index contributed by atoms with van der Waals surface area (Å²) < 4.78 is 0. The van der Waals surface area contributed by atoms with Gasteiger partial charge in [0.25, 0.3) is 5.91 Å². The molecule has 0 unspecified atom stereocenters. The molecule has 1 fully saturated rings. The van der Waals surface area contributed by atoms with E-state index in [1.807, 2.05) is 85.8 Å². The van der Waals surface area contributed by atoms with Crippen molar-refractivity contribution < 1.29 is 9.59 Å². The Kier molecular flexibility index (Phi) is 5.49. The highest BCUT2D eigenvalue weighted by Gasteiger charge is 2.33. The molecule has 4 rings (SSSR count). The van der Waals surface area contributed by atoms with E-state index in [1.54, 1.807) is 17.8 Å². The summed E-state index contributed by atoms with van der Waals surface area (Å²) in [5.74, 6) is -0.310. The zero-order chi connectivity index (χ0) is 20.2. The third-order valence-corrected chi connectivity index (χ3v) is 5.71. The zero-order valence-electron chi connectivity index (χ0n) is 16.0. The predicted molar refractivity (Wildman–Crippen MR) is 115 cm³/mol. The van der Waals surface area contributed by atoms with Crippen LogP contribution >= 0.6 is 11.8 Å². The molecule has 3 aromatic rings. The quantitative estimate of drug-likeness (QED) is 0.471. The Hall–Kier alpha value is -3.31. The molecule has 0 atom stereocenters. The standard InChI is InChI=1S/C24H20N2O2S/c1-17-11-13-18(14-12-17)16-26-23(27)21(25-24(26)28)15-19-7-5-6-10-22(19)29-20-8-3-2-4-9-20/h2-15H,16H2,1H3,(H,25,28)/b21-15+. The van der Waals surface area contributed by atoms with E-state index in [-0.39, 0.29) is 12.5 Å². The second-order valence-corrected chi connectivity index (χ2v) is 7.93. The van der Waals surface area contributed by atoms with Crippen LogP contribution in [0.15, 0.2) is 94.4 Å². The van der Waals surface area contributed by atoms with E-state index in [0.29, 0.717) is 5.70 Å². The monoisotopic (exact) mass is 400 g/mol. The predicted octanol–water partition coefficient (Wildman–Crippen LogP) is 5.24. The van der Waals surface area contributed by atoms with Crippen molar-refractivity contribution in [2.45, 2.75) is 23.3 Å². The number of carbonyl (C=O) groups excluding carboxylic acids is 2. The van der Waals surface area contributed by atoms with Gasteiger partial charge in [-0.1, -0.05) is 78.0 Å². The summed E-state index contributed by atoms with van der Waals surface area (Å²) in [5, 5.41) is 2.71. The van der Waals surface area contributed by atoms with Crippen molar-refractivity contribution in [2.75, 3.05) is 0 Å². The van der Waals surface area contributed by atoms with Gasteiger partial charge in [-0.2, -0.15) is 0 Å². The van der Waals surface area contributed by atoms with E-state index >= 15 is 0 Å². The van der Waals surface area contributed by atoms with Crippen LogP contribution in [0.25, 0.3) is 6.08 Å². The minimum Gasteiger partial charge on any atom is -0.303 e. The van der Waals surface area contributed by atoms with Crippen LogP contribution in [0.5, 0.6) is 0 Å². The highest BCUT2D eigenvalue weighted by Crippen LogP contribution is 2.31. The number of hydrogen-bond acceptors (Lipinski definition) is 3. The van der Waals surface area contributed by atoms with Gasteiger partial charge in [-0.15, -0.1) is 0 Å². The summed E-state index contributed by atoms with van der Waals surface area (Å²) in [5.41, 5.74) is 3.24. The van der Waals surface area contributed by atoms with Gasteiger partial charge in [0.2, 0.25) is 0 Å². The molecule has 1 saturated heterocycles. The van der Waals surface area contributed by atoms with E-state index in [1.165, 1.54) is 4.90 Å². The molecule has 144 valence electrons. The lowest BCUT2D eigenvalue weighted by atomic mass is 10.1. The first-order valence-electron chi connectivity index (χ1n) is 9.32. The van der Waals surface area contributed by atoms with E-state index in [0.717, 1.165) is 26.5 Å². The molecule has 4 nitrogen and oxygen atoms in total. The fourth-order valence-corrected chi connectivity index (χ4v) is 3.99. The molecule has 0 aromatic heterocycles. The van der Waals surface area contributed by atoms with Crippen LogP contribution in [0.3, 0.4) is 0 Å². The molecule has 29 heavy (non-hydrogen) atoms. The smallest absolute Gasteiger partial charge is 0.303 e. The fourth-order valence-electron chi connectivity index (χ4n) is 3.05. The maximum atomic E-state index is 12.8. The van der Waals surface area contributed by atoms with Crippen molar-refractivity contribution in [1.29, 1.82) is 0 Å². The highest BCUT2D eigenvalue weighted by atomic mass is 32.2. The van der Waals surface area contributed by atoms with Gasteiger partial charge < -0.3 is 5.32 Å². The number of hydrogen-bond donors (Lipinski definition) is 1. The second-order valence-electron chi connectivity index (χ2n) is 6.82. The average molecular weight is 401 g/mol. The van der Waals surface area contributed by atoms with E-state index in [9.17, 15) is 9.59 Å². The maximum absolute atomic E-state index is 12.8. The van der Waals surface area contributed by atoms with Crippen LogP contribution in [0, 0.1) is 6.92 Å². The SMILES string of the molecule is Cc1ccc(CN2C(=O)N/C(=C/c3ccccc3Sc3ccccc3)C2=O)cc1. The fraction of sp³-hybridized carbons (Fsp3) is 0.0833. The van der Waals surface area contributed by atoms with Crippen molar-refractivity contribution in [1.82, 2.24) is 10.2 Å². The van der Waals surface area contributed by atoms with Gasteiger partial charge in [0.15, 0.2) is 0 Å². The summed E-state index contributed by atoms with van der Waals surface area (Å²) in [6.07, 6.45) is 1.75. The Bertz CT molecular complexity index is 1080. The van der Waals surface area contributed by atoms with Crippen LogP contribution < -0.4 is 5.32 Å². The Morgan fingerprint density at radius 3 is 2.34 bits per heavy atom. The summed E-state index contributed by atoms with van der Waals surface area (Å²) >= 11 is 1.62. The molecule has 1 heterocycles. The number of nitrogens with one attached hydrogen (secondary N) is 1. The van der Waals surface area contributed by atoms with Gasteiger partial charge >= 0.3 is 6.03 Å². The molecule has 0 radical (unpaired) electrons. The number of rotatable bonds is 5. The minimum atomic E-state index is -0.394. The number of carbonyl (C=O) groups is 2. The Morgan fingerprint density at radius 2 is 1.59 bits per heavy atom. The van der Waals surface area contributed by atoms with Gasteiger partial charge in [-0.3, -0.25) is 9.69 Å². The van der Waals surface area contributed by atoms with Crippen molar-refractivity contribution in [3.63, 3.8) is 0 Å². The lowest BCUT2D eigenvalue weighted by molar-refractivity contribution is -0.123. The highest BCUT2D eigenvalue weighted by molar-refractivity contribution is 7.99. The van der Waals surface area contributed by atoms with Crippen LogP contribution in [0.1, 0.15) is 16.7 Å². The third kappa shape index (κ3) is 4.41. The molecule has 3 amide bonds. The minimum absolute atomic E-state index is 0.253. The summed E-state index contributed by atoms with van der Waals surface area (Å²) in [7, 11) is 0. The van der Waals surface area contributed by atoms with Gasteiger partial charge in [-0.25, -0.2) is 4.79 Å². The van der Waals surface area contributed by atoms with Gasteiger partial charge in [0.05, 0.1) is 6.54 Å². The number of benzene rings is 3. The Morgan fingerprint density at radius 1 is 0.897 bits per heavy atom. The van der Waals surface area contributed by atoms with E-state index in [2.05, 4.69) is 5.32 Å². The van der Waals surface area contributed by atoms with Gasteiger partial charge in [0.1, 0.15) is 5.70 Å². The van der Waals surface area contributed by atoms with Crippen molar-refractivity contribution in [2.24, 2.45) is 0 Å². The molecular formula is C24H20N2O2S. The van der Waals surface area contributed by atoms with Gasteiger partial charge in [0, 0.05) is 9.79 Å². The number of amides is 3. The molecule has 1 aliphatic heterocycles. The lowest BCUT2D eigenvalue weighted by Crippen LogP contribution is -2.30. The van der Waals surface area contributed by atoms with Gasteiger partial charge in [-0.05, 0) is 42.3 Å². The molecule has 1 aliphatic rings. The number of aryl methyl sites for hydroxylation is 1. The summed E-state index contributed by atoms with van der Waals surface area (Å²) in [6, 6.07) is 25.3. The Balaban J connectivity index is 1.57. The first kappa shape index (κ1) is 19.0. The van der Waals surface area contributed by atoms with Crippen LogP contribution in [0.2, 0.25) is 0 Å². The molecule has 0 aliphatic carbocycles. The first-order valence-corrected chi connectivity index (χ1v) is 10.1. The molecule has 3 aromatic carbocycles.